The maximum Gasteiger partial charge on any atom is 0.573 e. The van der Waals surface area contributed by atoms with Crippen molar-refractivity contribution < 1.29 is 44.6 Å². The molecule has 0 aromatic heterocycles. The number of hydrogen-bond acceptors (Lipinski definition) is 2. The summed E-state index contributed by atoms with van der Waals surface area (Å²) in [7, 11) is 0. The lowest BCUT2D eigenvalue weighted by molar-refractivity contribution is -0.274. The Morgan fingerprint density at radius 3 is 1.62 bits per heavy atom. The second-order valence-electron chi connectivity index (χ2n) is 8.59. The Morgan fingerprint density at radius 1 is 0.590 bits per heavy atom. The molecule has 0 aliphatic carbocycles. The standard InChI is InChI=1S/C29H20F8O2/c1-2-3-17-4-6-18(7-5-17)19-8-13-23(24(30)14-19)20-15-25(31)27(26(32)16-20)28(33,34)38-21-9-11-22(12-10-21)39-29(35,36)37/h4-16H,2-3H2,1H3. The minimum atomic E-state index is -5.00. The molecular weight excluding hydrogens is 532 g/mol. The zero-order valence-corrected chi connectivity index (χ0v) is 20.3. The van der Waals surface area contributed by atoms with Gasteiger partial charge in [-0.05, 0) is 71.1 Å². The van der Waals surface area contributed by atoms with Gasteiger partial charge in [0.1, 0.15) is 34.5 Å². The van der Waals surface area contributed by atoms with Crippen LogP contribution in [0.3, 0.4) is 0 Å². The molecule has 0 aliphatic heterocycles. The number of alkyl halides is 5. The Morgan fingerprint density at radius 2 is 1.10 bits per heavy atom. The SMILES string of the molecule is CCCc1ccc(-c2ccc(-c3cc(F)c(C(F)(F)Oc4ccc(OC(F)(F)F)cc4)c(F)c3)c(F)c2)cc1. The average molecular weight is 552 g/mol. The van der Waals surface area contributed by atoms with E-state index in [1.165, 1.54) is 12.1 Å². The fraction of sp³-hybridized carbons (Fsp3) is 0.172. The number of ether oxygens (including phenoxy) is 2. The topological polar surface area (TPSA) is 18.5 Å². The first-order valence-corrected chi connectivity index (χ1v) is 11.7. The van der Waals surface area contributed by atoms with Crippen LogP contribution in [0.4, 0.5) is 35.1 Å². The molecule has 0 atom stereocenters. The van der Waals surface area contributed by atoms with Crippen molar-refractivity contribution in [2.45, 2.75) is 32.2 Å². The summed E-state index contributed by atoms with van der Waals surface area (Å²) >= 11 is 0. The molecule has 10 heteroatoms. The third-order valence-corrected chi connectivity index (χ3v) is 5.74. The first-order chi connectivity index (χ1) is 18.4. The first-order valence-electron chi connectivity index (χ1n) is 11.7. The van der Waals surface area contributed by atoms with Crippen molar-refractivity contribution >= 4 is 0 Å². The second kappa shape index (κ2) is 11.0. The molecule has 204 valence electrons. The van der Waals surface area contributed by atoms with Gasteiger partial charge in [-0.1, -0.05) is 49.7 Å². The Balaban J connectivity index is 1.57. The maximum absolute atomic E-state index is 14.9. The minimum Gasteiger partial charge on any atom is -0.429 e. The van der Waals surface area contributed by atoms with Crippen LogP contribution in [-0.2, 0) is 12.5 Å². The molecular formula is C29H20F8O2. The molecule has 0 unspecified atom stereocenters. The van der Waals surface area contributed by atoms with Gasteiger partial charge in [0.05, 0.1) is 0 Å². The molecule has 0 heterocycles. The smallest absolute Gasteiger partial charge is 0.429 e. The third-order valence-electron chi connectivity index (χ3n) is 5.74. The van der Waals surface area contributed by atoms with Crippen LogP contribution in [0.2, 0.25) is 0 Å². The zero-order valence-electron chi connectivity index (χ0n) is 20.3. The molecule has 0 fully saturated rings. The van der Waals surface area contributed by atoms with E-state index in [1.54, 1.807) is 6.07 Å². The van der Waals surface area contributed by atoms with Crippen molar-refractivity contribution in [1.29, 1.82) is 0 Å². The maximum atomic E-state index is 14.9. The third kappa shape index (κ3) is 6.68. The van der Waals surface area contributed by atoms with E-state index in [9.17, 15) is 35.1 Å². The van der Waals surface area contributed by atoms with Crippen molar-refractivity contribution in [2.75, 3.05) is 0 Å². The summed E-state index contributed by atoms with van der Waals surface area (Å²) in [6.07, 6.45) is -7.68. The highest BCUT2D eigenvalue weighted by Gasteiger charge is 2.41. The summed E-state index contributed by atoms with van der Waals surface area (Å²) in [5.41, 5.74) is 0.0886. The summed E-state index contributed by atoms with van der Waals surface area (Å²) in [5.74, 6) is -5.62. The molecule has 0 aliphatic rings. The van der Waals surface area contributed by atoms with Gasteiger partial charge < -0.3 is 9.47 Å². The van der Waals surface area contributed by atoms with Crippen LogP contribution in [0.15, 0.2) is 78.9 Å². The van der Waals surface area contributed by atoms with Gasteiger partial charge in [0.15, 0.2) is 0 Å². The molecule has 2 nitrogen and oxygen atoms in total. The fourth-order valence-corrected chi connectivity index (χ4v) is 4.00. The highest BCUT2D eigenvalue weighted by Crippen LogP contribution is 2.38. The van der Waals surface area contributed by atoms with Gasteiger partial charge in [-0.2, -0.15) is 8.78 Å². The first kappa shape index (κ1) is 27.9. The quantitative estimate of drug-likeness (QED) is 0.203. The Kier molecular flexibility index (Phi) is 7.85. The molecule has 0 amide bonds. The molecule has 4 rings (SSSR count). The normalized spacial score (nSPS) is 11.9. The summed E-state index contributed by atoms with van der Waals surface area (Å²) in [5, 5.41) is 0. The van der Waals surface area contributed by atoms with Crippen LogP contribution < -0.4 is 9.47 Å². The van der Waals surface area contributed by atoms with Crippen LogP contribution in [0.5, 0.6) is 11.5 Å². The molecule has 4 aromatic rings. The van der Waals surface area contributed by atoms with Gasteiger partial charge in [-0.3, -0.25) is 0 Å². The lowest BCUT2D eigenvalue weighted by Gasteiger charge is -2.20. The van der Waals surface area contributed by atoms with E-state index in [1.807, 2.05) is 31.2 Å². The Bertz CT molecular complexity index is 1420. The number of aryl methyl sites for hydroxylation is 1. The monoisotopic (exact) mass is 552 g/mol. The largest absolute Gasteiger partial charge is 0.573 e. The molecule has 0 bridgehead atoms. The summed E-state index contributed by atoms with van der Waals surface area (Å²) in [6, 6.07) is 15.4. The summed E-state index contributed by atoms with van der Waals surface area (Å²) in [4.78, 5) is 0. The molecule has 4 aromatic carbocycles. The van der Waals surface area contributed by atoms with Crippen molar-refractivity contribution in [1.82, 2.24) is 0 Å². The molecule has 39 heavy (non-hydrogen) atoms. The number of hydrogen-bond donors (Lipinski definition) is 0. The summed E-state index contributed by atoms with van der Waals surface area (Å²) < 4.78 is 119. The van der Waals surface area contributed by atoms with E-state index >= 15 is 0 Å². The van der Waals surface area contributed by atoms with E-state index in [2.05, 4.69) is 9.47 Å². The van der Waals surface area contributed by atoms with Crippen molar-refractivity contribution in [2.24, 2.45) is 0 Å². The van der Waals surface area contributed by atoms with Crippen LogP contribution in [-0.4, -0.2) is 6.36 Å². The number of rotatable bonds is 8. The van der Waals surface area contributed by atoms with Crippen molar-refractivity contribution in [3.63, 3.8) is 0 Å². The lowest BCUT2D eigenvalue weighted by atomic mass is 9.97. The fourth-order valence-electron chi connectivity index (χ4n) is 4.00. The lowest BCUT2D eigenvalue weighted by Crippen LogP contribution is -2.25. The minimum absolute atomic E-state index is 0.213. The van der Waals surface area contributed by atoms with Crippen molar-refractivity contribution in [3.05, 3.63) is 107 Å². The molecule has 0 radical (unpaired) electrons. The van der Waals surface area contributed by atoms with Gasteiger partial charge in [-0.25, -0.2) is 13.2 Å². The molecule has 0 spiro atoms. The van der Waals surface area contributed by atoms with Gasteiger partial charge >= 0.3 is 12.5 Å². The molecule has 0 saturated heterocycles. The van der Waals surface area contributed by atoms with Gasteiger partial charge in [0, 0.05) is 5.56 Å². The van der Waals surface area contributed by atoms with Crippen molar-refractivity contribution in [3.8, 4) is 33.8 Å². The van der Waals surface area contributed by atoms with Crippen LogP contribution in [0.25, 0.3) is 22.3 Å². The van der Waals surface area contributed by atoms with Gasteiger partial charge in [-0.15, -0.1) is 13.2 Å². The van der Waals surface area contributed by atoms with E-state index < -0.39 is 47.0 Å². The number of halogens is 8. The van der Waals surface area contributed by atoms with E-state index in [0.717, 1.165) is 24.0 Å². The highest BCUT2D eigenvalue weighted by molar-refractivity contribution is 5.71. The summed E-state index contributed by atoms with van der Waals surface area (Å²) in [6.45, 7) is 2.05. The molecule has 0 N–H and O–H groups in total. The Hall–Kier alpha value is -4.08. The van der Waals surface area contributed by atoms with Crippen LogP contribution in [0, 0.1) is 17.5 Å². The van der Waals surface area contributed by atoms with E-state index in [4.69, 9.17) is 0 Å². The Labute approximate surface area is 218 Å². The predicted octanol–water partition coefficient (Wildman–Crippen LogP) is 9.42. The predicted molar refractivity (Wildman–Crippen MR) is 129 cm³/mol. The van der Waals surface area contributed by atoms with E-state index in [0.29, 0.717) is 42.0 Å². The highest BCUT2D eigenvalue weighted by atomic mass is 19.4. The van der Waals surface area contributed by atoms with Crippen LogP contribution >= 0.6 is 0 Å². The molecule has 0 saturated carbocycles. The van der Waals surface area contributed by atoms with Crippen LogP contribution in [0.1, 0.15) is 24.5 Å². The van der Waals surface area contributed by atoms with Gasteiger partial charge in [0.25, 0.3) is 0 Å². The van der Waals surface area contributed by atoms with Gasteiger partial charge in [0.2, 0.25) is 0 Å². The second-order valence-corrected chi connectivity index (χ2v) is 8.59. The average Bonchev–Trinajstić information content (AvgIpc) is 2.84. The van der Waals surface area contributed by atoms with E-state index in [-0.39, 0.29) is 11.1 Å². The zero-order chi connectivity index (χ0) is 28.4. The number of benzene rings is 4.